The van der Waals surface area contributed by atoms with Crippen molar-refractivity contribution in [2.75, 3.05) is 0 Å². The van der Waals surface area contributed by atoms with Crippen LogP contribution in [-0.4, -0.2) is 19.2 Å². The minimum absolute atomic E-state index is 0.0515. The van der Waals surface area contributed by atoms with Crippen LogP contribution in [0.1, 0.15) is 15.9 Å². The highest BCUT2D eigenvalue weighted by Gasteiger charge is 2.00. The van der Waals surface area contributed by atoms with Crippen molar-refractivity contribution in [1.82, 2.24) is 0 Å². The second-order valence-corrected chi connectivity index (χ2v) is 2.39. The van der Waals surface area contributed by atoms with Crippen LogP contribution in [0.2, 0.25) is 0 Å². The third-order valence-electron chi connectivity index (χ3n) is 1.49. The Morgan fingerprint density at radius 2 is 2.18 bits per heavy atom. The van der Waals surface area contributed by atoms with Crippen LogP contribution in [0, 0.1) is 6.92 Å². The molecule has 54 valence electrons. The Hall–Kier alpha value is -1.25. The van der Waals surface area contributed by atoms with Gasteiger partial charge in [-0.3, -0.25) is 4.79 Å². The molecule has 1 rings (SSSR count). The van der Waals surface area contributed by atoms with Crippen LogP contribution < -0.4 is 5.46 Å². The molecule has 0 saturated heterocycles. The zero-order valence-corrected chi connectivity index (χ0v) is 6.16. The molecule has 3 heteroatoms. The number of aldehydes is 1. The number of hydrogen-bond donors (Lipinski definition) is 1. The number of phenols is 1. The topological polar surface area (TPSA) is 37.3 Å². The van der Waals surface area contributed by atoms with Crippen molar-refractivity contribution in [2.24, 2.45) is 0 Å². The number of aromatic hydroxyl groups is 1. The summed E-state index contributed by atoms with van der Waals surface area (Å²) in [6, 6.07) is 3.02. The Bertz CT molecular complexity index is 271. The van der Waals surface area contributed by atoms with Gasteiger partial charge in [0.1, 0.15) is 19.9 Å². The molecule has 0 aromatic heterocycles. The largest absolute Gasteiger partial charge is 0.508 e. The van der Waals surface area contributed by atoms with E-state index in [4.69, 9.17) is 7.85 Å². The Labute approximate surface area is 66.3 Å². The average molecular weight is 146 g/mol. The molecule has 0 aliphatic carbocycles. The zero-order valence-electron chi connectivity index (χ0n) is 6.16. The van der Waals surface area contributed by atoms with Gasteiger partial charge in [-0.1, -0.05) is 11.5 Å². The highest BCUT2D eigenvalue weighted by atomic mass is 16.3. The first-order chi connectivity index (χ1) is 5.15. The number of aryl methyl sites for hydroxylation is 1. The quantitative estimate of drug-likeness (QED) is 0.457. The van der Waals surface area contributed by atoms with Gasteiger partial charge in [0.05, 0.1) is 0 Å². The highest BCUT2D eigenvalue weighted by Crippen LogP contribution is 2.12. The van der Waals surface area contributed by atoms with Gasteiger partial charge in [-0.25, -0.2) is 0 Å². The highest BCUT2D eigenvalue weighted by molar-refractivity contribution is 6.34. The molecule has 0 aliphatic heterocycles. The third-order valence-corrected chi connectivity index (χ3v) is 1.49. The number of benzene rings is 1. The molecule has 0 saturated carbocycles. The molecule has 0 heterocycles. The van der Waals surface area contributed by atoms with E-state index >= 15 is 0 Å². The monoisotopic (exact) mass is 146 g/mol. The second-order valence-electron chi connectivity index (χ2n) is 2.39. The lowest BCUT2D eigenvalue weighted by Gasteiger charge is -2.03. The predicted octanol–water partition coefficient (Wildman–Crippen LogP) is 0.307. The minimum atomic E-state index is 0.0515. The number of carbonyl (C=O) groups excluding carboxylic acids is 1. The molecule has 2 nitrogen and oxygen atoms in total. The van der Waals surface area contributed by atoms with Crippen molar-refractivity contribution >= 4 is 19.6 Å². The summed E-state index contributed by atoms with van der Waals surface area (Å²) in [5.41, 5.74) is 1.34. The molecule has 0 fully saturated rings. The van der Waals surface area contributed by atoms with Gasteiger partial charge in [-0.2, -0.15) is 0 Å². The summed E-state index contributed by atoms with van der Waals surface area (Å²) in [5.74, 6) is 0.0515. The number of carbonyl (C=O) groups is 1. The first-order valence-corrected chi connectivity index (χ1v) is 3.19. The lowest BCUT2D eigenvalue weighted by atomic mass is 9.91. The van der Waals surface area contributed by atoms with E-state index in [1.54, 1.807) is 13.0 Å². The molecule has 11 heavy (non-hydrogen) atoms. The lowest BCUT2D eigenvalue weighted by Crippen LogP contribution is -2.05. The molecular weight excluding hydrogens is 139 g/mol. The Kier molecular flexibility index (Phi) is 1.99. The summed E-state index contributed by atoms with van der Waals surface area (Å²) in [6.45, 7) is 1.69. The van der Waals surface area contributed by atoms with E-state index in [9.17, 15) is 9.90 Å². The van der Waals surface area contributed by atoms with Crippen molar-refractivity contribution in [1.29, 1.82) is 0 Å². The molecule has 1 aromatic rings. The summed E-state index contributed by atoms with van der Waals surface area (Å²) >= 11 is 0. The fourth-order valence-electron chi connectivity index (χ4n) is 0.904. The molecule has 0 bridgehead atoms. The minimum Gasteiger partial charge on any atom is -0.508 e. The van der Waals surface area contributed by atoms with Gasteiger partial charge < -0.3 is 5.11 Å². The van der Waals surface area contributed by atoms with Gasteiger partial charge >= 0.3 is 0 Å². The molecule has 2 radical (unpaired) electrons. The normalized spacial score (nSPS) is 9.55. The molecule has 0 atom stereocenters. The van der Waals surface area contributed by atoms with Gasteiger partial charge in [0.15, 0.2) is 0 Å². The van der Waals surface area contributed by atoms with Crippen molar-refractivity contribution in [3.8, 4) is 5.75 Å². The zero-order chi connectivity index (χ0) is 8.43. The van der Waals surface area contributed by atoms with E-state index < -0.39 is 0 Å². The number of hydrogen-bond acceptors (Lipinski definition) is 2. The maximum atomic E-state index is 10.3. The van der Waals surface area contributed by atoms with Crippen molar-refractivity contribution in [3.63, 3.8) is 0 Å². The summed E-state index contributed by atoms with van der Waals surface area (Å²) < 4.78 is 0. The van der Waals surface area contributed by atoms with Gasteiger partial charge in [0.25, 0.3) is 0 Å². The van der Waals surface area contributed by atoms with Crippen LogP contribution in [0.5, 0.6) is 5.75 Å². The Morgan fingerprint density at radius 3 is 2.64 bits per heavy atom. The smallest absolute Gasteiger partial charge is 0.150 e. The van der Waals surface area contributed by atoms with Crippen LogP contribution in [-0.2, 0) is 0 Å². The van der Waals surface area contributed by atoms with Crippen LogP contribution in [0.15, 0.2) is 12.1 Å². The lowest BCUT2D eigenvalue weighted by molar-refractivity contribution is 0.112. The molecule has 0 unspecified atom stereocenters. The summed E-state index contributed by atoms with van der Waals surface area (Å²) in [5, 5.41) is 9.19. The maximum absolute atomic E-state index is 10.3. The summed E-state index contributed by atoms with van der Waals surface area (Å²) in [7, 11) is 5.39. The van der Waals surface area contributed by atoms with E-state index in [0.717, 1.165) is 0 Å². The molecule has 1 N–H and O–H groups in total. The standard InChI is InChI=1S/C8H7BO2/c1-5-2-6(4-10)3-7(9)8(5)11/h2-4,11H,1H3. The van der Waals surface area contributed by atoms with Crippen molar-refractivity contribution < 1.29 is 9.90 Å². The van der Waals surface area contributed by atoms with Crippen LogP contribution in [0.4, 0.5) is 0 Å². The molecular formula is C8H7BO2. The second kappa shape index (κ2) is 2.78. The van der Waals surface area contributed by atoms with Crippen LogP contribution in [0.25, 0.3) is 0 Å². The fourth-order valence-corrected chi connectivity index (χ4v) is 0.904. The van der Waals surface area contributed by atoms with Crippen molar-refractivity contribution in [2.45, 2.75) is 6.92 Å². The van der Waals surface area contributed by atoms with Crippen LogP contribution in [0.3, 0.4) is 0 Å². The number of phenolic OH excluding ortho intramolecular Hbond substituents is 1. The Morgan fingerprint density at radius 1 is 1.55 bits per heavy atom. The van der Waals surface area contributed by atoms with Gasteiger partial charge in [0.2, 0.25) is 0 Å². The molecule has 1 aromatic carbocycles. The van der Waals surface area contributed by atoms with E-state index in [1.807, 2.05) is 0 Å². The van der Waals surface area contributed by atoms with Gasteiger partial charge in [-0.15, -0.1) is 0 Å². The summed E-state index contributed by atoms with van der Waals surface area (Å²) in [6.07, 6.45) is 0.697. The fraction of sp³-hybridized carbons (Fsp3) is 0.125. The summed E-state index contributed by atoms with van der Waals surface area (Å²) in [4.78, 5) is 10.3. The number of rotatable bonds is 1. The van der Waals surface area contributed by atoms with Gasteiger partial charge in [-0.05, 0) is 18.6 Å². The SMILES string of the molecule is [B]c1cc(C=O)cc(C)c1O. The van der Waals surface area contributed by atoms with Crippen LogP contribution >= 0.6 is 0 Å². The van der Waals surface area contributed by atoms with E-state index in [2.05, 4.69) is 0 Å². The predicted molar refractivity (Wildman–Crippen MR) is 43.6 cm³/mol. The van der Waals surface area contributed by atoms with Gasteiger partial charge in [0, 0.05) is 5.56 Å². The first-order valence-electron chi connectivity index (χ1n) is 3.19. The maximum Gasteiger partial charge on any atom is 0.150 e. The average Bonchev–Trinajstić information content (AvgIpc) is 1.99. The van der Waals surface area contributed by atoms with E-state index in [-0.39, 0.29) is 11.2 Å². The molecule has 0 aliphatic rings. The third kappa shape index (κ3) is 1.42. The molecule has 0 spiro atoms. The molecule has 0 amide bonds. The first kappa shape index (κ1) is 7.86. The van der Waals surface area contributed by atoms with Crippen molar-refractivity contribution in [3.05, 3.63) is 23.3 Å². The van der Waals surface area contributed by atoms with E-state index in [0.29, 0.717) is 17.4 Å². The van der Waals surface area contributed by atoms with E-state index in [1.165, 1.54) is 6.07 Å². The Balaban J connectivity index is 3.31.